The van der Waals surface area contributed by atoms with Crippen LogP contribution in [0.4, 0.5) is 0 Å². The fraction of sp³-hybridized carbons (Fsp3) is 0.760. The number of nitrogens with one attached hydrogen (secondary N) is 4. The molecule has 16 nitrogen and oxygen atoms in total. The third kappa shape index (κ3) is 16.3. The number of carboxylic acid groups (broad SMARTS) is 1. The molecule has 0 aliphatic heterocycles. The van der Waals surface area contributed by atoms with Crippen LogP contribution in [0.2, 0.25) is 0 Å². The van der Waals surface area contributed by atoms with E-state index in [2.05, 4.69) is 38.9 Å². The number of amides is 4. The first-order chi connectivity index (χ1) is 19.9. The highest BCUT2D eigenvalue weighted by molar-refractivity contribution is 7.80. The molecule has 0 spiro atoms. The maximum Gasteiger partial charge on any atom is 0.326 e. The van der Waals surface area contributed by atoms with Crippen LogP contribution in [0.5, 0.6) is 0 Å². The van der Waals surface area contributed by atoms with Gasteiger partial charge < -0.3 is 55.0 Å². The largest absolute Gasteiger partial charge is 0.480 e. The Bertz CT molecular complexity index is 890. The van der Waals surface area contributed by atoms with Gasteiger partial charge in [-0.3, -0.25) is 24.2 Å². The summed E-state index contributed by atoms with van der Waals surface area (Å²) in [5.41, 5.74) is 27.7. The first-order valence-electron chi connectivity index (χ1n) is 14.2. The third-order valence-electron chi connectivity index (χ3n) is 6.25. The molecule has 0 fully saturated rings. The molecule has 15 N–H and O–H groups in total. The van der Waals surface area contributed by atoms with Gasteiger partial charge in [0.05, 0.1) is 6.04 Å². The van der Waals surface area contributed by atoms with Gasteiger partial charge >= 0.3 is 5.97 Å². The van der Waals surface area contributed by atoms with Crippen LogP contribution in [0.25, 0.3) is 0 Å². The monoisotopic (exact) mass is 618 g/mol. The molecule has 0 aliphatic rings. The first-order valence-corrected chi connectivity index (χ1v) is 14.8. The minimum Gasteiger partial charge on any atom is -0.480 e. The van der Waals surface area contributed by atoms with Crippen molar-refractivity contribution in [3.63, 3.8) is 0 Å². The van der Waals surface area contributed by atoms with Crippen molar-refractivity contribution in [2.75, 3.05) is 25.4 Å². The Morgan fingerprint density at radius 3 is 1.74 bits per heavy atom. The summed E-state index contributed by atoms with van der Waals surface area (Å²) in [6, 6.07) is -5.40. The lowest BCUT2D eigenvalue weighted by Crippen LogP contribution is -2.59. The smallest absolute Gasteiger partial charge is 0.326 e. The SMILES string of the molecule is CCCC[C@H](NC(=O)[C@H](CCCN=C(N)N)NC(=O)[C@H](CCN)NC(=O)[C@H](CS)NC(=O)[C@@H](N)CCCCN)C(=O)O. The highest BCUT2D eigenvalue weighted by Crippen LogP contribution is 2.06. The number of hydrogen-bond donors (Lipinski definition) is 11. The van der Waals surface area contributed by atoms with Crippen LogP contribution in [-0.2, 0) is 24.0 Å². The van der Waals surface area contributed by atoms with Crippen LogP contribution >= 0.6 is 12.6 Å². The summed E-state index contributed by atoms with van der Waals surface area (Å²) in [6.07, 6.45) is 3.63. The Hall–Kier alpha value is -3.15. The molecule has 0 aromatic carbocycles. The van der Waals surface area contributed by atoms with Crippen LogP contribution in [0, 0.1) is 0 Å². The number of unbranched alkanes of at least 4 members (excludes halogenated alkanes) is 2. The third-order valence-corrected chi connectivity index (χ3v) is 6.61. The number of hydrogen-bond acceptors (Lipinski definition) is 10. The lowest BCUT2D eigenvalue weighted by Gasteiger charge is -2.26. The van der Waals surface area contributed by atoms with Gasteiger partial charge in [-0.2, -0.15) is 12.6 Å². The summed E-state index contributed by atoms with van der Waals surface area (Å²) in [5.74, 6) is -4.09. The molecule has 242 valence electrons. The molecule has 0 unspecified atom stereocenters. The van der Waals surface area contributed by atoms with Gasteiger partial charge in [-0.1, -0.05) is 26.2 Å². The molecule has 17 heteroatoms. The second-order valence-electron chi connectivity index (χ2n) is 9.82. The fourth-order valence-electron chi connectivity index (χ4n) is 3.80. The van der Waals surface area contributed by atoms with E-state index in [4.69, 9.17) is 28.7 Å². The van der Waals surface area contributed by atoms with Gasteiger partial charge in [-0.25, -0.2) is 4.79 Å². The van der Waals surface area contributed by atoms with Crippen molar-refractivity contribution < 1.29 is 29.1 Å². The van der Waals surface area contributed by atoms with Gasteiger partial charge in [-0.05, 0) is 51.6 Å². The molecule has 4 amide bonds. The summed E-state index contributed by atoms with van der Waals surface area (Å²) < 4.78 is 0. The number of aliphatic imine (C=N–C) groups is 1. The number of thiol groups is 1. The lowest BCUT2D eigenvalue weighted by molar-refractivity contribution is -0.142. The normalized spacial score (nSPS) is 14.4. The lowest BCUT2D eigenvalue weighted by atomic mass is 10.1. The highest BCUT2D eigenvalue weighted by atomic mass is 32.1. The van der Waals surface area contributed by atoms with E-state index in [1.54, 1.807) is 0 Å². The first kappa shape index (κ1) is 38.9. The second-order valence-corrected chi connectivity index (χ2v) is 10.2. The van der Waals surface area contributed by atoms with E-state index in [0.29, 0.717) is 32.2 Å². The topological polar surface area (TPSA) is 296 Å². The van der Waals surface area contributed by atoms with Crippen molar-refractivity contribution in [3.8, 4) is 0 Å². The molecule has 0 heterocycles. The number of nitrogens with zero attached hydrogens (tertiary/aromatic N) is 1. The number of aliphatic carboxylic acids is 1. The Morgan fingerprint density at radius 2 is 1.24 bits per heavy atom. The summed E-state index contributed by atoms with van der Waals surface area (Å²) in [7, 11) is 0. The number of carboxylic acids is 1. The van der Waals surface area contributed by atoms with E-state index in [0.717, 1.165) is 6.42 Å². The Morgan fingerprint density at radius 1 is 0.714 bits per heavy atom. The van der Waals surface area contributed by atoms with Gasteiger partial charge in [0.2, 0.25) is 23.6 Å². The standard InChI is InChI=1S/C25H50N10O6S/c1-2-3-8-18(24(40)41)34-21(37)16(9-6-13-31-25(29)30)32-22(38)17(10-12-27)33-23(39)19(14-42)35-20(36)15(28)7-4-5-11-26/h15-19,42H,2-14,26-28H2,1H3,(H,32,38)(H,33,39)(H,34,37)(H,35,36)(H,40,41)(H4,29,30,31)/t15-,16-,17-,18-,19-/m0/s1. The molecule has 5 atom stereocenters. The maximum atomic E-state index is 13.2. The molecule has 0 radical (unpaired) electrons. The number of guanidine groups is 1. The zero-order valence-corrected chi connectivity index (χ0v) is 25.2. The van der Waals surface area contributed by atoms with E-state index in [9.17, 15) is 29.1 Å². The predicted molar refractivity (Wildman–Crippen MR) is 163 cm³/mol. The minimum absolute atomic E-state index is 0.0139. The Kier molecular flexibility index (Phi) is 20.8. The van der Waals surface area contributed by atoms with E-state index in [1.165, 1.54) is 0 Å². The van der Waals surface area contributed by atoms with Crippen LogP contribution < -0.4 is 49.9 Å². The van der Waals surface area contributed by atoms with Gasteiger partial charge in [0.15, 0.2) is 5.96 Å². The molecule has 0 aromatic rings. The number of nitrogens with two attached hydrogens (primary N) is 5. The highest BCUT2D eigenvalue weighted by Gasteiger charge is 2.31. The van der Waals surface area contributed by atoms with Gasteiger partial charge in [0.25, 0.3) is 0 Å². The number of rotatable bonds is 23. The Balaban J connectivity index is 5.59. The van der Waals surface area contributed by atoms with Gasteiger partial charge in [0, 0.05) is 12.3 Å². The number of carbonyl (C=O) groups is 5. The zero-order valence-electron chi connectivity index (χ0n) is 24.3. The summed E-state index contributed by atoms with van der Waals surface area (Å²) in [5, 5.41) is 19.6. The van der Waals surface area contributed by atoms with Crippen molar-refractivity contribution >= 4 is 48.2 Å². The molecule has 0 bridgehead atoms. The molecule has 0 saturated carbocycles. The Labute approximate surface area is 252 Å². The molecule has 0 saturated heterocycles. The van der Waals surface area contributed by atoms with Crippen LogP contribution in [0.3, 0.4) is 0 Å². The van der Waals surface area contributed by atoms with E-state index < -0.39 is 59.8 Å². The summed E-state index contributed by atoms with van der Waals surface area (Å²) >= 11 is 4.14. The van der Waals surface area contributed by atoms with Crippen LogP contribution in [0.15, 0.2) is 4.99 Å². The summed E-state index contributed by atoms with van der Waals surface area (Å²) in [4.78, 5) is 67.2. The predicted octanol–water partition coefficient (Wildman–Crippen LogP) is -3.01. The van der Waals surface area contributed by atoms with E-state index >= 15 is 0 Å². The van der Waals surface area contributed by atoms with Crippen LogP contribution in [-0.4, -0.2) is 96.3 Å². The molecular formula is C25H50N10O6S. The van der Waals surface area contributed by atoms with E-state index in [1.807, 2.05) is 6.92 Å². The average molecular weight is 619 g/mol. The quantitative estimate of drug-likeness (QED) is 0.0237. The maximum absolute atomic E-state index is 13.2. The molecule has 0 rings (SSSR count). The van der Waals surface area contributed by atoms with Crippen molar-refractivity contribution in [2.45, 2.75) is 94.9 Å². The average Bonchev–Trinajstić information content (AvgIpc) is 2.94. The minimum atomic E-state index is -1.20. The van der Waals surface area contributed by atoms with Gasteiger partial charge in [0.1, 0.15) is 24.2 Å². The van der Waals surface area contributed by atoms with Crippen molar-refractivity contribution in [1.82, 2.24) is 21.3 Å². The fourth-order valence-corrected chi connectivity index (χ4v) is 4.06. The van der Waals surface area contributed by atoms with Crippen LogP contribution in [0.1, 0.15) is 64.7 Å². The van der Waals surface area contributed by atoms with Crippen molar-refractivity contribution in [2.24, 2.45) is 33.7 Å². The molecule has 0 aromatic heterocycles. The zero-order chi connectivity index (χ0) is 32.1. The van der Waals surface area contributed by atoms with E-state index in [-0.39, 0.29) is 50.5 Å². The number of carbonyl (C=O) groups excluding carboxylic acids is 4. The molecule has 0 aliphatic carbocycles. The van der Waals surface area contributed by atoms with Crippen molar-refractivity contribution in [1.29, 1.82) is 0 Å². The summed E-state index contributed by atoms with van der Waals surface area (Å²) in [6.45, 7) is 2.54. The second kappa shape index (κ2) is 22.4. The molecule has 42 heavy (non-hydrogen) atoms. The van der Waals surface area contributed by atoms with Crippen molar-refractivity contribution in [3.05, 3.63) is 0 Å². The van der Waals surface area contributed by atoms with Gasteiger partial charge in [-0.15, -0.1) is 0 Å². The molecular weight excluding hydrogens is 568 g/mol.